The van der Waals surface area contributed by atoms with Crippen molar-refractivity contribution in [3.05, 3.63) is 0 Å². The second-order valence-electron chi connectivity index (χ2n) is 4.64. The molecule has 0 nitrogen and oxygen atoms in total. The van der Waals surface area contributed by atoms with Crippen molar-refractivity contribution in [2.75, 3.05) is 30.5 Å². The quantitative estimate of drug-likeness (QED) is 0.0744. The molecule has 0 aliphatic carbocycles. The maximum Gasteiger partial charge on any atom is 0.0521 e. The van der Waals surface area contributed by atoms with Crippen LogP contribution in [0.5, 0.6) is 0 Å². The van der Waals surface area contributed by atoms with Gasteiger partial charge in [-0.1, -0.05) is 0 Å². The summed E-state index contributed by atoms with van der Waals surface area (Å²) in [5.41, 5.74) is 0. The summed E-state index contributed by atoms with van der Waals surface area (Å²) in [7, 11) is 0. The average Bonchev–Trinajstić information content (AvgIpc) is 2.56. The van der Waals surface area contributed by atoms with E-state index >= 15 is 0 Å². The third kappa shape index (κ3) is 16.6. The minimum Gasteiger partial charge on any atom is -0.168 e. The molecule has 152 valence electrons. The van der Waals surface area contributed by atoms with Crippen LogP contribution in [0.15, 0.2) is 0 Å². The highest BCUT2D eigenvalue weighted by atomic mass is 32.2. The van der Waals surface area contributed by atoms with Gasteiger partial charge in [-0.2, -0.15) is 75.8 Å². The molecule has 0 aromatic rings. The van der Waals surface area contributed by atoms with Crippen LogP contribution in [-0.4, -0.2) is 44.3 Å². The lowest BCUT2D eigenvalue weighted by Crippen LogP contribution is -2.17. The van der Waals surface area contributed by atoms with Gasteiger partial charge in [-0.15, -0.1) is 70.6 Å². The molecule has 25 heavy (non-hydrogen) atoms. The summed E-state index contributed by atoms with van der Waals surface area (Å²) >= 11 is 38.1. The van der Waals surface area contributed by atoms with Crippen LogP contribution >= 0.6 is 146 Å². The molecule has 0 rings (SSSR count). The molecule has 0 aliphatic rings. The van der Waals surface area contributed by atoms with Crippen LogP contribution in [0.25, 0.3) is 0 Å². The molecule has 0 amide bonds. The van der Waals surface area contributed by atoms with E-state index in [0.29, 0.717) is 19.7 Å². The van der Waals surface area contributed by atoms with Crippen LogP contribution in [0, 0.1) is 5.92 Å². The van der Waals surface area contributed by atoms with Crippen molar-refractivity contribution >= 4 is 146 Å². The summed E-state index contributed by atoms with van der Waals surface area (Å²) in [6.45, 7) is 0. The minimum absolute atomic E-state index is 0.560. The van der Waals surface area contributed by atoms with E-state index in [1.807, 2.05) is 70.6 Å². The van der Waals surface area contributed by atoms with Crippen LogP contribution in [0.3, 0.4) is 0 Å². The Morgan fingerprint density at radius 1 is 0.400 bits per heavy atom. The van der Waals surface area contributed by atoms with Crippen molar-refractivity contribution in [1.82, 2.24) is 0 Å². The number of thiol groups is 6. The smallest absolute Gasteiger partial charge is 0.0521 e. The van der Waals surface area contributed by atoms with Crippen molar-refractivity contribution < 1.29 is 0 Å². The largest absolute Gasteiger partial charge is 0.168 e. The zero-order valence-corrected chi connectivity index (χ0v) is 24.1. The van der Waals surface area contributed by atoms with E-state index in [4.69, 9.17) is 0 Å². The molecule has 0 radical (unpaired) electrons. The van der Waals surface area contributed by atoms with E-state index < -0.39 is 0 Å². The molecule has 0 saturated carbocycles. The summed E-state index contributed by atoms with van der Waals surface area (Å²) in [4.78, 5) is 0. The van der Waals surface area contributed by atoms with E-state index in [1.165, 1.54) is 19.3 Å². The van der Waals surface area contributed by atoms with Gasteiger partial charge in [0.05, 0.1) is 13.7 Å². The second kappa shape index (κ2) is 21.4. The van der Waals surface area contributed by atoms with Crippen LogP contribution in [0.4, 0.5) is 0 Å². The normalized spacial score (nSPS) is 12.2. The molecule has 0 saturated heterocycles. The Labute approximate surface area is 213 Å². The van der Waals surface area contributed by atoms with Crippen LogP contribution in [0.1, 0.15) is 19.3 Å². The molecule has 0 fully saturated rings. The maximum atomic E-state index is 4.42. The second-order valence-corrected chi connectivity index (χ2v) is 17.1. The van der Waals surface area contributed by atoms with Crippen molar-refractivity contribution in [3.8, 4) is 0 Å². The predicted molar refractivity (Wildman–Crippen MR) is 157 cm³/mol. The fourth-order valence-corrected chi connectivity index (χ4v) is 13.0. The Balaban J connectivity index is 4.96. The zero-order valence-electron chi connectivity index (χ0n) is 13.8. The standard InChI is InChI=1S/C13H28S12/c14-4-20-11(21-5-15)1-10(2-12(22-6-16)23-7-17)3-13(24-8-18)25-9-19/h10-19H,1-9H2. The first-order valence-electron chi connectivity index (χ1n) is 7.49. The lowest BCUT2D eigenvalue weighted by molar-refractivity contribution is 0.468. The first-order valence-corrected chi connectivity index (χ1v) is 17.6. The Morgan fingerprint density at radius 3 is 0.760 bits per heavy atom. The van der Waals surface area contributed by atoms with Gasteiger partial charge in [-0.3, -0.25) is 0 Å². The molecular formula is C13H28S12. The first-order chi connectivity index (χ1) is 12.1. The minimum atomic E-state index is 0.560. The Kier molecular flexibility index (Phi) is 25.0. The highest BCUT2D eigenvalue weighted by Crippen LogP contribution is 2.41. The number of rotatable bonds is 18. The summed E-state index contributed by atoms with van der Waals surface area (Å²) in [6, 6.07) is 0. The summed E-state index contributed by atoms with van der Waals surface area (Å²) in [5.74, 6) is 0.666. The molecular weight excluding hydrogens is 541 g/mol. The number of thioether (sulfide) groups is 6. The Hall–Kier alpha value is 4.20. The van der Waals surface area contributed by atoms with Gasteiger partial charge >= 0.3 is 0 Å². The summed E-state index contributed by atoms with van der Waals surface area (Å²) < 4.78 is 1.68. The topological polar surface area (TPSA) is 0 Å². The zero-order chi connectivity index (χ0) is 18.9. The van der Waals surface area contributed by atoms with Crippen molar-refractivity contribution in [3.63, 3.8) is 0 Å². The van der Waals surface area contributed by atoms with Crippen LogP contribution in [0.2, 0.25) is 0 Å². The van der Waals surface area contributed by atoms with E-state index in [1.54, 1.807) is 0 Å². The van der Waals surface area contributed by atoms with Gasteiger partial charge < -0.3 is 0 Å². The SMILES string of the molecule is SCSC(CC(CC(SCS)SCS)CC(SCS)SCS)SCS. The van der Waals surface area contributed by atoms with Crippen LogP contribution < -0.4 is 0 Å². The fraction of sp³-hybridized carbons (Fsp3) is 1.00. The van der Waals surface area contributed by atoms with Gasteiger partial charge in [-0.25, -0.2) is 0 Å². The fourth-order valence-electron chi connectivity index (χ4n) is 2.16. The van der Waals surface area contributed by atoms with Gasteiger partial charge in [0.25, 0.3) is 0 Å². The van der Waals surface area contributed by atoms with Crippen molar-refractivity contribution in [2.24, 2.45) is 5.92 Å². The van der Waals surface area contributed by atoms with Gasteiger partial charge in [0.15, 0.2) is 0 Å². The van der Waals surface area contributed by atoms with E-state index in [0.717, 1.165) is 30.5 Å². The van der Waals surface area contributed by atoms with Crippen molar-refractivity contribution in [2.45, 2.75) is 33.0 Å². The van der Waals surface area contributed by atoms with Gasteiger partial charge in [0, 0.05) is 30.5 Å². The predicted octanol–water partition coefficient (Wildman–Crippen LogP) is 7.47. The lowest BCUT2D eigenvalue weighted by atomic mass is 10.00. The highest BCUT2D eigenvalue weighted by molar-refractivity contribution is 8.24. The first kappa shape index (κ1) is 29.2. The molecule has 0 heterocycles. The Morgan fingerprint density at radius 2 is 0.600 bits per heavy atom. The third-order valence-electron chi connectivity index (χ3n) is 3.14. The van der Waals surface area contributed by atoms with Gasteiger partial charge in [0.2, 0.25) is 0 Å². The maximum absolute atomic E-state index is 4.42. The van der Waals surface area contributed by atoms with Gasteiger partial charge in [-0.05, 0) is 25.2 Å². The average molecular weight is 569 g/mol. The molecule has 0 spiro atoms. The monoisotopic (exact) mass is 568 g/mol. The number of hydrogen-bond acceptors (Lipinski definition) is 12. The molecule has 0 aromatic heterocycles. The van der Waals surface area contributed by atoms with Gasteiger partial charge in [0.1, 0.15) is 0 Å². The molecule has 0 bridgehead atoms. The molecule has 12 heteroatoms. The molecule has 0 aliphatic heterocycles. The van der Waals surface area contributed by atoms with E-state index in [9.17, 15) is 0 Å². The lowest BCUT2D eigenvalue weighted by Gasteiger charge is -2.28. The van der Waals surface area contributed by atoms with Crippen LogP contribution in [-0.2, 0) is 0 Å². The number of hydrogen-bond donors (Lipinski definition) is 6. The molecule has 0 aromatic carbocycles. The molecule has 0 N–H and O–H groups in total. The third-order valence-corrected chi connectivity index (χ3v) is 12.6. The van der Waals surface area contributed by atoms with E-state index in [-0.39, 0.29) is 0 Å². The Bertz CT molecular complexity index is 221. The molecule has 0 unspecified atom stereocenters. The summed E-state index contributed by atoms with van der Waals surface area (Å²) in [6.07, 6.45) is 3.60. The summed E-state index contributed by atoms with van der Waals surface area (Å²) in [5, 5.41) is 5.16. The molecule has 0 atom stereocenters. The highest BCUT2D eigenvalue weighted by Gasteiger charge is 2.24. The van der Waals surface area contributed by atoms with E-state index in [2.05, 4.69) is 75.8 Å². The van der Waals surface area contributed by atoms with Crippen molar-refractivity contribution in [1.29, 1.82) is 0 Å².